The fraction of sp³-hybridized carbons (Fsp3) is 0.278. The Bertz CT molecular complexity index is 596. The van der Waals surface area contributed by atoms with Crippen molar-refractivity contribution in [1.29, 1.82) is 0 Å². The van der Waals surface area contributed by atoms with Crippen LogP contribution in [0.2, 0.25) is 0 Å². The Hall–Kier alpha value is -1.78. The normalized spacial score (nSPS) is 11.1. The van der Waals surface area contributed by atoms with Gasteiger partial charge in [-0.15, -0.1) is 0 Å². The van der Waals surface area contributed by atoms with Gasteiger partial charge in [0.05, 0.1) is 6.54 Å². The summed E-state index contributed by atoms with van der Waals surface area (Å²) in [6.45, 7) is 4.75. The van der Waals surface area contributed by atoms with Crippen molar-refractivity contribution in [2.24, 2.45) is 0 Å². The second kappa shape index (κ2) is 8.01. The molecule has 0 fully saturated rings. The highest BCUT2D eigenvalue weighted by atomic mass is 32.2. The quantitative estimate of drug-likeness (QED) is 0.834. The summed E-state index contributed by atoms with van der Waals surface area (Å²) in [4.78, 5) is 15.3. The molecule has 2 aromatic carbocycles. The van der Waals surface area contributed by atoms with Crippen LogP contribution < -0.4 is 0 Å². The number of rotatable bonds is 7. The van der Waals surface area contributed by atoms with Gasteiger partial charge in [-0.25, -0.2) is 0 Å². The third kappa shape index (κ3) is 5.20. The lowest BCUT2D eigenvalue weighted by Crippen LogP contribution is -2.35. The van der Waals surface area contributed by atoms with Gasteiger partial charge < -0.3 is 5.11 Å². The molecule has 4 heteroatoms. The van der Waals surface area contributed by atoms with Crippen LogP contribution in [0.4, 0.5) is 0 Å². The molecule has 0 heterocycles. The molecule has 0 amide bonds. The van der Waals surface area contributed by atoms with Gasteiger partial charge in [-0.2, -0.15) is 0 Å². The second-order valence-corrected chi connectivity index (χ2v) is 6.60. The van der Waals surface area contributed by atoms with E-state index < -0.39 is 5.97 Å². The highest BCUT2D eigenvalue weighted by Gasteiger charge is 2.13. The van der Waals surface area contributed by atoms with E-state index in [4.69, 9.17) is 5.11 Å². The molecule has 0 atom stereocenters. The predicted octanol–water partition coefficient (Wildman–Crippen LogP) is 4.13. The van der Waals surface area contributed by atoms with Crippen LogP contribution in [0.3, 0.4) is 0 Å². The van der Waals surface area contributed by atoms with E-state index in [0.29, 0.717) is 6.54 Å². The molecule has 116 valence electrons. The molecule has 1 N–H and O–H groups in total. The first-order valence-corrected chi connectivity index (χ1v) is 8.14. The Balaban J connectivity index is 2.00. The molecule has 0 aliphatic rings. The van der Waals surface area contributed by atoms with Gasteiger partial charge in [0.25, 0.3) is 0 Å². The Kier molecular flexibility index (Phi) is 6.04. The first kappa shape index (κ1) is 16.6. The highest BCUT2D eigenvalue weighted by Crippen LogP contribution is 2.27. The maximum absolute atomic E-state index is 10.9. The maximum atomic E-state index is 10.9. The summed E-state index contributed by atoms with van der Waals surface area (Å²) in [5, 5.41) is 8.97. The van der Waals surface area contributed by atoms with Crippen LogP contribution in [-0.2, 0) is 11.3 Å². The number of hydrogen-bond acceptors (Lipinski definition) is 3. The summed E-state index contributed by atoms with van der Waals surface area (Å²) >= 11 is 1.72. The van der Waals surface area contributed by atoms with Crippen LogP contribution in [0, 0.1) is 0 Å². The molecule has 0 aromatic heterocycles. The second-order valence-electron chi connectivity index (χ2n) is 5.45. The Labute approximate surface area is 136 Å². The Morgan fingerprint density at radius 1 is 1.05 bits per heavy atom. The van der Waals surface area contributed by atoms with E-state index in [1.165, 1.54) is 9.79 Å². The number of benzene rings is 2. The predicted molar refractivity (Wildman–Crippen MR) is 90.2 cm³/mol. The summed E-state index contributed by atoms with van der Waals surface area (Å²) in [6.07, 6.45) is 0. The van der Waals surface area contributed by atoms with E-state index in [0.717, 1.165) is 5.56 Å². The van der Waals surface area contributed by atoms with E-state index in [-0.39, 0.29) is 12.6 Å². The molecule has 0 radical (unpaired) electrons. The van der Waals surface area contributed by atoms with Crippen molar-refractivity contribution < 1.29 is 9.90 Å². The molecule has 0 unspecified atom stereocenters. The number of aliphatic carboxylic acids is 1. The average Bonchev–Trinajstić information content (AvgIpc) is 2.49. The van der Waals surface area contributed by atoms with E-state index in [1.54, 1.807) is 11.8 Å². The minimum Gasteiger partial charge on any atom is -0.480 e. The summed E-state index contributed by atoms with van der Waals surface area (Å²) in [5.74, 6) is -0.787. The summed E-state index contributed by atoms with van der Waals surface area (Å²) in [6, 6.07) is 18.8. The number of carboxylic acids is 1. The molecule has 0 bridgehead atoms. The molecular formula is C18H21NO2S. The molecule has 0 aliphatic carbocycles. The molecular weight excluding hydrogens is 294 g/mol. The standard InChI is InChI=1S/C18H21NO2S/c1-14(2)19(13-18(20)21)12-15-8-10-17(11-9-15)22-16-6-4-3-5-7-16/h3-11,14H,12-13H2,1-2H3,(H,20,21). The van der Waals surface area contributed by atoms with Gasteiger partial charge in [-0.1, -0.05) is 42.1 Å². The summed E-state index contributed by atoms with van der Waals surface area (Å²) < 4.78 is 0. The van der Waals surface area contributed by atoms with E-state index in [9.17, 15) is 4.79 Å². The van der Waals surface area contributed by atoms with Gasteiger partial charge in [-0.3, -0.25) is 9.69 Å². The van der Waals surface area contributed by atoms with Gasteiger partial charge in [0, 0.05) is 22.4 Å². The topological polar surface area (TPSA) is 40.5 Å². The Morgan fingerprint density at radius 2 is 1.64 bits per heavy atom. The van der Waals surface area contributed by atoms with Crippen LogP contribution in [0.25, 0.3) is 0 Å². The lowest BCUT2D eigenvalue weighted by Gasteiger charge is -2.24. The first-order valence-electron chi connectivity index (χ1n) is 7.32. The van der Waals surface area contributed by atoms with Crippen molar-refractivity contribution in [3.05, 3.63) is 60.2 Å². The highest BCUT2D eigenvalue weighted by molar-refractivity contribution is 7.99. The van der Waals surface area contributed by atoms with E-state index in [1.807, 2.05) is 36.9 Å². The molecule has 0 spiro atoms. The average molecular weight is 315 g/mol. The number of hydrogen-bond donors (Lipinski definition) is 1. The molecule has 22 heavy (non-hydrogen) atoms. The van der Waals surface area contributed by atoms with Crippen molar-refractivity contribution in [3.8, 4) is 0 Å². The monoisotopic (exact) mass is 315 g/mol. The van der Waals surface area contributed by atoms with Crippen LogP contribution in [0.15, 0.2) is 64.4 Å². The summed E-state index contributed by atoms with van der Waals surface area (Å²) in [5.41, 5.74) is 1.13. The molecule has 2 aromatic rings. The van der Waals surface area contributed by atoms with Gasteiger partial charge in [-0.05, 0) is 43.7 Å². The smallest absolute Gasteiger partial charge is 0.317 e. The fourth-order valence-electron chi connectivity index (χ4n) is 2.12. The Morgan fingerprint density at radius 3 is 2.18 bits per heavy atom. The zero-order valence-electron chi connectivity index (χ0n) is 12.9. The zero-order valence-corrected chi connectivity index (χ0v) is 13.7. The lowest BCUT2D eigenvalue weighted by atomic mass is 10.2. The van der Waals surface area contributed by atoms with Gasteiger partial charge in [0.2, 0.25) is 0 Å². The van der Waals surface area contributed by atoms with Crippen molar-refractivity contribution in [2.75, 3.05) is 6.54 Å². The molecule has 0 saturated heterocycles. The zero-order chi connectivity index (χ0) is 15.9. The van der Waals surface area contributed by atoms with Gasteiger partial charge in [0.1, 0.15) is 0 Å². The number of carbonyl (C=O) groups is 1. The molecule has 0 saturated carbocycles. The van der Waals surface area contributed by atoms with Crippen LogP contribution in [-0.4, -0.2) is 28.6 Å². The summed E-state index contributed by atoms with van der Waals surface area (Å²) in [7, 11) is 0. The minimum atomic E-state index is -0.787. The van der Waals surface area contributed by atoms with Crippen molar-refractivity contribution >= 4 is 17.7 Å². The minimum absolute atomic E-state index is 0.0676. The number of nitrogens with zero attached hydrogens (tertiary/aromatic N) is 1. The van der Waals surface area contributed by atoms with Crippen LogP contribution in [0.5, 0.6) is 0 Å². The van der Waals surface area contributed by atoms with E-state index >= 15 is 0 Å². The SMILES string of the molecule is CC(C)N(CC(=O)O)Cc1ccc(Sc2ccccc2)cc1. The fourth-order valence-corrected chi connectivity index (χ4v) is 2.95. The van der Waals surface area contributed by atoms with Crippen LogP contribution >= 0.6 is 11.8 Å². The third-order valence-electron chi connectivity index (χ3n) is 3.36. The van der Waals surface area contributed by atoms with Crippen molar-refractivity contribution in [2.45, 2.75) is 36.2 Å². The largest absolute Gasteiger partial charge is 0.480 e. The third-order valence-corrected chi connectivity index (χ3v) is 4.37. The van der Waals surface area contributed by atoms with E-state index in [2.05, 4.69) is 36.4 Å². The lowest BCUT2D eigenvalue weighted by molar-refractivity contribution is -0.138. The van der Waals surface area contributed by atoms with Gasteiger partial charge >= 0.3 is 5.97 Å². The maximum Gasteiger partial charge on any atom is 0.317 e. The van der Waals surface area contributed by atoms with Gasteiger partial charge in [0.15, 0.2) is 0 Å². The first-order chi connectivity index (χ1) is 10.5. The van der Waals surface area contributed by atoms with Crippen molar-refractivity contribution in [1.82, 2.24) is 4.90 Å². The number of carboxylic acid groups (broad SMARTS) is 1. The molecule has 2 rings (SSSR count). The molecule has 3 nitrogen and oxygen atoms in total. The van der Waals surface area contributed by atoms with Crippen molar-refractivity contribution in [3.63, 3.8) is 0 Å². The molecule has 0 aliphatic heterocycles. The van der Waals surface area contributed by atoms with Crippen LogP contribution in [0.1, 0.15) is 19.4 Å².